The summed E-state index contributed by atoms with van der Waals surface area (Å²) in [5, 5.41) is 104. The largest absolute Gasteiger partial charge is 0.477 e. The van der Waals surface area contributed by atoms with Crippen LogP contribution in [-0.2, 0) is 47.7 Å². The number of aliphatic hydroxyl groups is 6. The normalized spacial score (nSPS) is 21.9. The molecule has 0 unspecified atom stereocenters. The van der Waals surface area contributed by atoms with E-state index in [0.29, 0.717) is 34.4 Å². The molecule has 14 N–H and O–H groups in total. The van der Waals surface area contributed by atoms with E-state index in [4.69, 9.17) is 18.9 Å². The van der Waals surface area contributed by atoms with Crippen molar-refractivity contribution < 1.29 is 98.2 Å². The van der Waals surface area contributed by atoms with E-state index < -0.39 is 134 Å². The van der Waals surface area contributed by atoms with Crippen LogP contribution in [0.1, 0.15) is 95.3 Å². The summed E-state index contributed by atoms with van der Waals surface area (Å²) in [6, 6.07) is 29.7. The van der Waals surface area contributed by atoms with Crippen molar-refractivity contribution in [1.82, 2.24) is 21.3 Å². The van der Waals surface area contributed by atoms with Crippen molar-refractivity contribution in [2.24, 2.45) is 0 Å². The van der Waals surface area contributed by atoms with Crippen LogP contribution in [0.3, 0.4) is 0 Å². The van der Waals surface area contributed by atoms with Crippen molar-refractivity contribution in [3.8, 4) is 22.3 Å². The Morgan fingerprint density at radius 3 is 1.14 bits per heavy atom. The Balaban J connectivity index is 0.818. The molecule has 12 atom stereocenters. The fourth-order valence-electron chi connectivity index (χ4n) is 11.5. The molecule has 2 heterocycles. The number of carbonyl (C=O) groups is 8. The molecule has 2 aliphatic rings. The predicted octanol–water partition coefficient (Wildman–Crippen LogP) is 4.37. The number of carboxylic acids is 2. The highest BCUT2D eigenvalue weighted by Gasteiger charge is 2.57. The molecule has 6 amide bonds. The van der Waals surface area contributed by atoms with E-state index in [-0.39, 0.29) is 61.8 Å². The van der Waals surface area contributed by atoms with E-state index in [2.05, 4.69) is 31.9 Å². The molecule has 2 fully saturated rings. The molecule has 0 saturated carbocycles. The summed E-state index contributed by atoms with van der Waals surface area (Å²) in [5.41, 5.74) is 8.30. The molecule has 28 heteroatoms. The number of carboxylic acid groups (broad SMARTS) is 2. The van der Waals surface area contributed by atoms with Crippen molar-refractivity contribution in [2.45, 2.75) is 153 Å². The van der Waals surface area contributed by atoms with Crippen molar-refractivity contribution in [3.63, 3.8) is 0 Å². The summed E-state index contributed by atoms with van der Waals surface area (Å²) in [6.45, 7) is 8.19. The first-order chi connectivity index (χ1) is 46.6. The standard InChI is InChI=1S/C70H88N6O20S2/c1-39-40(2)58(76-56(84)28-34-98-32-14-30-94-70(68(91)92)36-52(80)60(74-44(6)78)64(96-70)62(86)54(82)38-72-66(88)50-25-21-48(22-26-50)46-17-11-8-12-18-46)42(4)41(3)57(39)75-55(83)27-33-97-31-13-29-93-69(67(89)90)35-51(79)59(73-43(5)77)63(95-69)61(85)53(81)37-71-65(87)49-23-19-47(20-24-49)45-15-9-7-10-16-45/h7-12,15-26,51-54,59-64,79-82,85-86H,13-14,27-38H2,1-6H3,(H,71,87)(H,72,88)(H,73,77)(H,74,78)(H,75,83)(H,76,84)(H,89,90)(H,91,92)/t51-,52-,53+,54+,59+,60+,61+,62+,63+,64+,69+,70+/m0/s1. The number of thioether (sulfide) groups is 2. The molecule has 2 saturated heterocycles. The van der Waals surface area contributed by atoms with Crippen LogP contribution in [0.2, 0.25) is 0 Å². The summed E-state index contributed by atoms with van der Waals surface area (Å²) < 4.78 is 23.3. The van der Waals surface area contributed by atoms with Crippen LogP contribution in [0.25, 0.3) is 22.3 Å². The molecule has 530 valence electrons. The van der Waals surface area contributed by atoms with Gasteiger partial charge in [0.1, 0.15) is 24.4 Å². The van der Waals surface area contributed by atoms with Gasteiger partial charge in [0.25, 0.3) is 23.4 Å². The molecule has 7 rings (SSSR count). The minimum absolute atomic E-state index is 0.108. The highest BCUT2D eigenvalue weighted by molar-refractivity contribution is 7.99. The SMILES string of the molecule is CC(=O)N[C@H]1[C@H]([C@H](O)[C@H](O)CNC(=O)c2ccc(-c3ccccc3)cc2)O[C@@](OCCCSCCC(=O)Nc2c(C)c(C)c(NC(=O)CCSCCCO[C@]3(C(=O)O)C[C@H](O)[C@@H](NC(C)=O)[C@H]([C@H](O)[C@H](O)CNC(=O)c4ccc(-c5ccccc5)cc4)O3)c(C)c2C)(C(=O)O)C[C@@H]1O. The number of hydrogen-bond acceptors (Lipinski definition) is 20. The van der Waals surface area contributed by atoms with Crippen LogP contribution in [-0.4, -0.2) is 210 Å². The second-order valence-electron chi connectivity index (χ2n) is 24.2. The molecule has 5 aromatic carbocycles. The Labute approximate surface area is 576 Å². The Morgan fingerprint density at radius 2 is 0.827 bits per heavy atom. The third-order valence-corrected chi connectivity index (χ3v) is 19.2. The van der Waals surface area contributed by atoms with E-state index in [1.807, 2.05) is 88.4 Å². The van der Waals surface area contributed by atoms with Crippen LogP contribution >= 0.6 is 23.5 Å². The highest BCUT2D eigenvalue weighted by atomic mass is 32.2. The Kier molecular flexibility index (Phi) is 28.7. The lowest BCUT2D eigenvalue weighted by atomic mass is 9.88. The Morgan fingerprint density at radius 1 is 0.500 bits per heavy atom. The average molecular weight is 1400 g/mol. The number of rotatable bonds is 34. The van der Waals surface area contributed by atoms with Crippen LogP contribution in [0, 0.1) is 27.7 Å². The van der Waals surface area contributed by atoms with Gasteiger partial charge >= 0.3 is 11.9 Å². The van der Waals surface area contributed by atoms with E-state index in [0.717, 1.165) is 58.4 Å². The smallest absolute Gasteiger partial charge is 0.364 e. The zero-order valence-corrected chi connectivity index (χ0v) is 57.0. The van der Waals surface area contributed by atoms with E-state index in [9.17, 15) is 79.2 Å². The van der Waals surface area contributed by atoms with Gasteiger partial charge in [-0.05, 0) is 121 Å². The molecule has 2 aliphatic heterocycles. The van der Waals surface area contributed by atoms with Crippen molar-refractivity contribution in [1.29, 1.82) is 0 Å². The summed E-state index contributed by atoms with van der Waals surface area (Å²) in [5.74, 6) is -9.66. The molecule has 0 bridgehead atoms. The molecule has 98 heavy (non-hydrogen) atoms. The highest BCUT2D eigenvalue weighted by Crippen LogP contribution is 2.38. The summed E-state index contributed by atoms with van der Waals surface area (Å²) in [7, 11) is 0. The first kappa shape index (κ1) is 77.5. The number of benzene rings is 5. The zero-order chi connectivity index (χ0) is 71.4. The first-order valence-electron chi connectivity index (χ1n) is 32.1. The third-order valence-electron chi connectivity index (χ3n) is 17.1. The minimum atomic E-state index is -2.50. The Hall–Kier alpha value is -7.84. The van der Waals surface area contributed by atoms with Crippen LogP contribution in [0.15, 0.2) is 109 Å². The molecule has 0 aliphatic carbocycles. The molecule has 5 aromatic rings. The van der Waals surface area contributed by atoms with Crippen molar-refractivity contribution in [2.75, 3.05) is 59.9 Å². The average Bonchev–Trinajstić information content (AvgIpc) is 0.777. The van der Waals surface area contributed by atoms with E-state index >= 15 is 0 Å². The number of hydrogen-bond donors (Lipinski definition) is 14. The van der Waals surface area contributed by atoms with Gasteiger partial charge in [-0.1, -0.05) is 84.9 Å². The lowest BCUT2D eigenvalue weighted by molar-refractivity contribution is -0.310. The lowest BCUT2D eigenvalue weighted by Gasteiger charge is -2.46. The zero-order valence-electron chi connectivity index (χ0n) is 55.4. The van der Waals surface area contributed by atoms with Gasteiger partial charge in [-0.25, -0.2) is 9.59 Å². The number of aliphatic carboxylic acids is 2. The monoisotopic (exact) mass is 1400 g/mol. The second kappa shape index (κ2) is 36.3. The molecule has 26 nitrogen and oxygen atoms in total. The van der Waals surface area contributed by atoms with Gasteiger partial charge in [0.15, 0.2) is 0 Å². The van der Waals surface area contributed by atoms with Gasteiger partial charge in [0.2, 0.25) is 23.6 Å². The first-order valence-corrected chi connectivity index (χ1v) is 34.4. The topological polar surface area (TPSA) is 408 Å². The number of nitrogens with one attached hydrogen (secondary N) is 6. The molecular formula is C70H88N6O20S2. The van der Waals surface area contributed by atoms with Crippen molar-refractivity contribution in [3.05, 3.63) is 143 Å². The van der Waals surface area contributed by atoms with Gasteiger partial charge in [-0.2, -0.15) is 23.5 Å². The number of carbonyl (C=O) groups excluding carboxylic acids is 6. The fraction of sp³-hybridized carbons (Fsp3) is 0.457. The molecule has 0 aromatic heterocycles. The fourth-order valence-corrected chi connectivity index (χ4v) is 13.2. The summed E-state index contributed by atoms with van der Waals surface area (Å²) >= 11 is 2.79. The number of ether oxygens (including phenoxy) is 4. The van der Waals surface area contributed by atoms with Gasteiger partial charge < -0.3 is 91.7 Å². The maximum Gasteiger partial charge on any atom is 0.364 e. The van der Waals surface area contributed by atoms with Gasteiger partial charge in [0.05, 0.1) is 49.7 Å². The maximum atomic E-state index is 13.3. The quantitative estimate of drug-likeness (QED) is 0.0254. The van der Waals surface area contributed by atoms with Gasteiger partial charge in [0, 0.05) is 86.6 Å². The molecule has 0 radical (unpaired) electrons. The minimum Gasteiger partial charge on any atom is -0.477 e. The van der Waals surface area contributed by atoms with Crippen LogP contribution in [0.5, 0.6) is 0 Å². The predicted molar refractivity (Wildman–Crippen MR) is 367 cm³/mol. The summed E-state index contributed by atoms with van der Waals surface area (Å²) in [4.78, 5) is 103. The summed E-state index contributed by atoms with van der Waals surface area (Å²) in [6.07, 6.45) is -14.6. The van der Waals surface area contributed by atoms with Crippen molar-refractivity contribution >= 4 is 82.3 Å². The van der Waals surface area contributed by atoms with E-state index in [1.54, 1.807) is 48.5 Å². The van der Waals surface area contributed by atoms with Crippen LogP contribution in [0.4, 0.5) is 11.4 Å². The molecular weight excluding hydrogens is 1310 g/mol. The second-order valence-corrected chi connectivity index (χ2v) is 26.6. The Bertz CT molecular complexity index is 3300. The van der Waals surface area contributed by atoms with Crippen LogP contribution < -0.4 is 31.9 Å². The lowest BCUT2D eigenvalue weighted by Crippen LogP contribution is -2.68. The number of aliphatic hydroxyl groups excluding tert-OH is 6. The third kappa shape index (κ3) is 20.6. The molecule has 0 spiro atoms. The van der Waals surface area contributed by atoms with Gasteiger partial charge in [-0.15, -0.1) is 0 Å². The maximum absolute atomic E-state index is 13.3. The number of anilines is 2. The van der Waals surface area contributed by atoms with E-state index in [1.165, 1.54) is 23.5 Å². The number of amides is 6. The van der Waals surface area contributed by atoms with Gasteiger partial charge in [-0.3, -0.25) is 28.8 Å².